The monoisotopic (exact) mass is 561 g/mol. The number of amides is 4. The van der Waals surface area contributed by atoms with Crippen LogP contribution in [0.4, 0.5) is 26.9 Å². The Morgan fingerprint density at radius 2 is 1.63 bits per heavy atom. The van der Waals surface area contributed by atoms with E-state index in [2.05, 4.69) is 31.6 Å². The molecule has 4 amide bonds. The van der Waals surface area contributed by atoms with Crippen LogP contribution in [0.1, 0.15) is 62.7 Å². The Hall–Kier alpha value is -4.67. The Bertz CT molecular complexity index is 1340. The Morgan fingerprint density at radius 1 is 0.902 bits per heavy atom. The first kappa shape index (κ1) is 30.9. The van der Waals surface area contributed by atoms with E-state index in [4.69, 9.17) is 9.72 Å². The van der Waals surface area contributed by atoms with Crippen LogP contribution in [0.25, 0.3) is 0 Å². The lowest BCUT2D eigenvalue weighted by atomic mass is 9.85. The number of pyridine rings is 2. The van der Waals surface area contributed by atoms with Gasteiger partial charge in [0.05, 0.1) is 5.56 Å². The number of nitrogens with zero attached hydrogens (tertiary/aromatic N) is 2. The molecule has 218 valence electrons. The van der Waals surface area contributed by atoms with E-state index in [9.17, 15) is 14.4 Å². The summed E-state index contributed by atoms with van der Waals surface area (Å²) in [5, 5.41) is 14.2. The first-order valence-electron chi connectivity index (χ1n) is 13.4. The highest BCUT2D eigenvalue weighted by Crippen LogP contribution is 2.28. The molecule has 0 fully saturated rings. The molecule has 3 rings (SSSR count). The number of carbonyl (C=O) groups is 3. The van der Waals surface area contributed by atoms with E-state index in [0.717, 1.165) is 16.9 Å². The van der Waals surface area contributed by atoms with Crippen LogP contribution >= 0.6 is 0 Å². The zero-order valence-electron chi connectivity index (χ0n) is 24.4. The molecular weight excluding hydrogens is 522 g/mol. The number of hydrogen-bond acceptors (Lipinski definition) is 7. The highest BCUT2D eigenvalue weighted by molar-refractivity contribution is 5.99. The fourth-order valence-corrected chi connectivity index (χ4v) is 3.78. The van der Waals surface area contributed by atoms with E-state index in [0.29, 0.717) is 30.2 Å². The van der Waals surface area contributed by atoms with Gasteiger partial charge < -0.3 is 26.0 Å². The molecule has 2 aromatic heterocycles. The van der Waals surface area contributed by atoms with Gasteiger partial charge in [0.15, 0.2) is 0 Å². The minimum atomic E-state index is -0.604. The Labute approximate surface area is 240 Å². The molecule has 0 spiro atoms. The lowest BCUT2D eigenvalue weighted by Gasteiger charge is -2.25. The first-order chi connectivity index (χ1) is 19.4. The summed E-state index contributed by atoms with van der Waals surface area (Å²) in [6.45, 7) is 10.1. The van der Waals surface area contributed by atoms with E-state index < -0.39 is 11.7 Å². The topological polar surface area (TPSA) is 146 Å². The van der Waals surface area contributed by atoms with Crippen molar-refractivity contribution >= 4 is 35.4 Å². The van der Waals surface area contributed by atoms with Gasteiger partial charge in [-0.25, -0.2) is 19.6 Å². The molecular formula is C30H39N7O4. The van der Waals surface area contributed by atoms with Gasteiger partial charge in [0.2, 0.25) is 0 Å². The van der Waals surface area contributed by atoms with Gasteiger partial charge in [0.25, 0.3) is 5.91 Å². The summed E-state index contributed by atoms with van der Waals surface area (Å²) in [7, 11) is 1.58. The lowest BCUT2D eigenvalue weighted by Crippen LogP contribution is -2.37. The molecule has 0 aliphatic rings. The Morgan fingerprint density at radius 3 is 2.27 bits per heavy atom. The second-order valence-corrected chi connectivity index (χ2v) is 11.1. The molecule has 0 unspecified atom stereocenters. The molecule has 1 aromatic carbocycles. The smallest absolute Gasteiger partial charge is 0.413 e. The van der Waals surface area contributed by atoms with Crippen LogP contribution in [0.3, 0.4) is 0 Å². The van der Waals surface area contributed by atoms with Crippen molar-refractivity contribution in [2.24, 2.45) is 0 Å². The summed E-state index contributed by atoms with van der Waals surface area (Å²) in [5.74, 6) is 0.587. The van der Waals surface area contributed by atoms with Gasteiger partial charge in [0, 0.05) is 43.1 Å². The predicted molar refractivity (Wildman–Crippen MR) is 159 cm³/mol. The summed E-state index contributed by atoms with van der Waals surface area (Å²) in [6, 6.07) is 16.2. The number of nitrogens with one attached hydrogen (secondary N) is 5. The summed E-state index contributed by atoms with van der Waals surface area (Å²) < 4.78 is 5.21. The number of carbonyl (C=O) groups excluding carboxylic acids is 3. The van der Waals surface area contributed by atoms with Gasteiger partial charge in [0.1, 0.15) is 17.2 Å². The lowest BCUT2D eigenvalue weighted by molar-refractivity contribution is 0.0635. The van der Waals surface area contributed by atoms with E-state index >= 15 is 0 Å². The number of hydrogen-bond donors (Lipinski definition) is 5. The molecule has 0 bridgehead atoms. The van der Waals surface area contributed by atoms with Crippen molar-refractivity contribution in [1.82, 2.24) is 25.9 Å². The molecule has 0 saturated heterocycles. The average molecular weight is 562 g/mol. The Balaban J connectivity index is 1.52. The van der Waals surface area contributed by atoms with E-state index in [1.807, 2.05) is 50.2 Å². The maximum atomic E-state index is 12.4. The summed E-state index contributed by atoms with van der Waals surface area (Å²) in [6.07, 6.45) is 1.61. The minimum Gasteiger partial charge on any atom is -0.444 e. The highest BCUT2D eigenvalue weighted by atomic mass is 16.6. The average Bonchev–Trinajstić information content (AvgIpc) is 2.91. The quantitative estimate of drug-likeness (QED) is 0.232. The molecule has 0 radical (unpaired) electrons. The summed E-state index contributed by atoms with van der Waals surface area (Å²) >= 11 is 0. The van der Waals surface area contributed by atoms with Crippen LogP contribution in [-0.2, 0) is 16.7 Å². The normalized spacial score (nSPS) is 11.3. The van der Waals surface area contributed by atoms with Crippen LogP contribution < -0.4 is 26.6 Å². The van der Waals surface area contributed by atoms with E-state index in [1.165, 1.54) is 0 Å². The first-order valence-corrected chi connectivity index (χ1v) is 13.4. The molecule has 11 nitrogen and oxygen atoms in total. The third kappa shape index (κ3) is 9.79. The third-order valence-corrected chi connectivity index (χ3v) is 6.04. The minimum absolute atomic E-state index is 0.234. The molecule has 41 heavy (non-hydrogen) atoms. The highest BCUT2D eigenvalue weighted by Gasteiger charge is 2.25. The standard InChI is InChI=1S/C30H39N7O4/c1-29(2,3)41-28(40)37-24-15-12-20(18-33-24)19-34-27(39)32-17-16-30(4,5)23-14-13-22(26(38)31-6)25(36-23)35-21-10-8-7-9-11-21/h7-15,18H,16-17,19H2,1-6H3,(H,31,38)(H,35,36)(H2,32,34,39)(H,33,37,40). The number of para-hydroxylation sites is 1. The van der Waals surface area contributed by atoms with Crippen molar-refractivity contribution in [1.29, 1.82) is 0 Å². The molecule has 11 heteroatoms. The summed E-state index contributed by atoms with van der Waals surface area (Å²) in [4.78, 5) is 45.7. The zero-order valence-corrected chi connectivity index (χ0v) is 24.4. The summed E-state index contributed by atoms with van der Waals surface area (Å²) in [5.41, 5.74) is 1.83. The predicted octanol–water partition coefficient (Wildman–Crippen LogP) is 5.09. The van der Waals surface area contributed by atoms with Gasteiger partial charge in [-0.05, 0) is 63.1 Å². The van der Waals surface area contributed by atoms with Crippen LogP contribution in [0, 0.1) is 0 Å². The molecule has 0 aliphatic carbocycles. The van der Waals surface area contributed by atoms with Crippen molar-refractivity contribution in [3.8, 4) is 0 Å². The second-order valence-electron chi connectivity index (χ2n) is 11.1. The number of aromatic nitrogens is 2. The van der Waals surface area contributed by atoms with Gasteiger partial charge >= 0.3 is 12.1 Å². The van der Waals surface area contributed by atoms with Gasteiger partial charge in [-0.3, -0.25) is 10.1 Å². The van der Waals surface area contributed by atoms with Gasteiger partial charge in [-0.15, -0.1) is 0 Å². The van der Waals surface area contributed by atoms with Crippen molar-refractivity contribution in [2.45, 2.75) is 58.6 Å². The zero-order chi connectivity index (χ0) is 30.0. The number of anilines is 3. The number of urea groups is 1. The molecule has 3 aromatic rings. The molecule has 0 atom stereocenters. The number of rotatable bonds is 10. The van der Waals surface area contributed by atoms with Crippen molar-refractivity contribution < 1.29 is 19.1 Å². The van der Waals surface area contributed by atoms with E-state index in [-0.39, 0.29) is 23.9 Å². The van der Waals surface area contributed by atoms with Gasteiger partial charge in [-0.2, -0.15) is 0 Å². The molecule has 0 aliphatic heterocycles. The largest absolute Gasteiger partial charge is 0.444 e. The maximum absolute atomic E-state index is 12.4. The van der Waals surface area contributed by atoms with Crippen LogP contribution in [0.5, 0.6) is 0 Å². The molecule has 2 heterocycles. The number of benzene rings is 1. The van der Waals surface area contributed by atoms with Crippen LogP contribution in [0.15, 0.2) is 60.8 Å². The maximum Gasteiger partial charge on any atom is 0.413 e. The fraction of sp³-hybridized carbons (Fsp3) is 0.367. The van der Waals surface area contributed by atoms with E-state index in [1.54, 1.807) is 52.2 Å². The van der Waals surface area contributed by atoms with Crippen molar-refractivity contribution in [3.63, 3.8) is 0 Å². The molecule has 5 N–H and O–H groups in total. The number of ether oxygens (including phenoxy) is 1. The van der Waals surface area contributed by atoms with Crippen LogP contribution in [0.2, 0.25) is 0 Å². The van der Waals surface area contributed by atoms with Crippen LogP contribution in [-0.4, -0.2) is 47.2 Å². The molecule has 0 saturated carbocycles. The SMILES string of the molecule is CNC(=O)c1ccc(C(C)(C)CCNC(=O)NCc2ccc(NC(=O)OC(C)(C)C)nc2)nc1Nc1ccccc1. The van der Waals surface area contributed by atoms with Crippen molar-refractivity contribution in [2.75, 3.05) is 24.2 Å². The van der Waals surface area contributed by atoms with Gasteiger partial charge in [-0.1, -0.05) is 38.1 Å². The fourth-order valence-electron chi connectivity index (χ4n) is 3.78. The third-order valence-electron chi connectivity index (χ3n) is 6.04. The Kier molecular flexibility index (Phi) is 10.2. The van der Waals surface area contributed by atoms with Crippen molar-refractivity contribution in [3.05, 3.63) is 77.6 Å². The second kappa shape index (κ2) is 13.6.